The number of fused-ring (bicyclic) bond motifs is 2. The Balaban J connectivity index is 1.46. The van der Waals surface area contributed by atoms with Gasteiger partial charge in [0.05, 0.1) is 13.2 Å². The number of hydrogen-bond acceptors (Lipinski definition) is 5. The van der Waals surface area contributed by atoms with Crippen LogP contribution in [0.5, 0.6) is 17.4 Å². The number of pyridine rings is 1. The van der Waals surface area contributed by atoms with Crippen LogP contribution in [0.15, 0.2) is 66.9 Å². The molecule has 0 aliphatic carbocycles. The van der Waals surface area contributed by atoms with Crippen LogP contribution in [0.4, 0.5) is 4.39 Å². The van der Waals surface area contributed by atoms with E-state index in [4.69, 9.17) is 9.47 Å². The quantitative estimate of drug-likeness (QED) is 0.470. The summed E-state index contributed by atoms with van der Waals surface area (Å²) in [6.07, 6.45) is 5.76. The van der Waals surface area contributed by atoms with Crippen LogP contribution in [0, 0.1) is 5.82 Å². The Kier molecular flexibility index (Phi) is 9.12. The van der Waals surface area contributed by atoms with Crippen molar-refractivity contribution in [3.8, 4) is 17.4 Å². The highest BCUT2D eigenvalue weighted by atomic mass is 19.1. The highest BCUT2D eigenvalue weighted by Gasteiger charge is 2.23. The minimum absolute atomic E-state index is 0.0595. The van der Waals surface area contributed by atoms with Gasteiger partial charge in [-0.15, -0.1) is 0 Å². The molecule has 196 valence electrons. The average molecular weight is 506 g/mol. The van der Waals surface area contributed by atoms with Gasteiger partial charge in [0.2, 0.25) is 11.8 Å². The summed E-state index contributed by atoms with van der Waals surface area (Å²) in [4.78, 5) is 19.6. The molecule has 0 fully saturated rings. The molecular weight excluding hydrogens is 469 g/mol. The van der Waals surface area contributed by atoms with E-state index >= 15 is 0 Å². The SMILES string of the molecule is CC(C)(CNC(=O)CN1CCCCCCOc2ccccc2Oc2ncccc2C1)c1cccc(F)c1. The highest BCUT2D eigenvalue weighted by molar-refractivity contribution is 5.78. The van der Waals surface area contributed by atoms with Crippen LogP contribution in [0.2, 0.25) is 0 Å². The van der Waals surface area contributed by atoms with Gasteiger partial charge in [0.1, 0.15) is 5.82 Å². The second-order valence-electron chi connectivity index (χ2n) is 10.2. The Hall–Kier alpha value is -3.45. The largest absolute Gasteiger partial charge is 0.490 e. The van der Waals surface area contributed by atoms with Gasteiger partial charge in [-0.1, -0.05) is 57.0 Å². The monoisotopic (exact) mass is 505 g/mol. The molecule has 0 spiro atoms. The molecule has 0 atom stereocenters. The van der Waals surface area contributed by atoms with E-state index in [1.54, 1.807) is 12.3 Å². The summed E-state index contributed by atoms with van der Waals surface area (Å²) in [6.45, 7) is 6.63. The van der Waals surface area contributed by atoms with Gasteiger partial charge in [-0.3, -0.25) is 9.69 Å². The molecule has 0 unspecified atom stereocenters. The number of nitrogens with zero attached hydrogens (tertiary/aromatic N) is 2. The van der Waals surface area contributed by atoms with E-state index in [1.807, 2.05) is 56.3 Å². The third-order valence-corrected chi connectivity index (χ3v) is 6.63. The molecule has 0 saturated carbocycles. The molecule has 0 bridgehead atoms. The smallest absolute Gasteiger partial charge is 0.234 e. The molecule has 2 aromatic carbocycles. The molecule has 1 N–H and O–H groups in total. The molecule has 3 aromatic rings. The lowest BCUT2D eigenvalue weighted by Gasteiger charge is -2.27. The summed E-state index contributed by atoms with van der Waals surface area (Å²) >= 11 is 0. The molecular formula is C30H36FN3O3. The number of para-hydroxylation sites is 2. The Bertz CT molecular complexity index is 1180. The summed E-state index contributed by atoms with van der Waals surface area (Å²) in [7, 11) is 0. The van der Waals surface area contributed by atoms with Crippen LogP contribution in [-0.2, 0) is 16.8 Å². The number of hydrogen-bond donors (Lipinski definition) is 1. The number of amides is 1. The molecule has 1 amide bonds. The molecule has 7 heteroatoms. The molecule has 1 aromatic heterocycles. The van der Waals surface area contributed by atoms with Crippen molar-refractivity contribution in [2.75, 3.05) is 26.2 Å². The van der Waals surface area contributed by atoms with Crippen molar-refractivity contribution in [3.05, 3.63) is 83.8 Å². The van der Waals surface area contributed by atoms with Crippen molar-refractivity contribution in [3.63, 3.8) is 0 Å². The predicted octanol–water partition coefficient (Wildman–Crippen LogP) is 5.86. The summed E-state index contributed by atoms with van der Waals surface area (Å²) in [5.74, 6) is 1.51. The van der Waals surface area contributed by atoms with Gasteiger partial charge < -0.3 is 14.8 Å². The van der Waals surface area contributed by atoms with Gasteiger partial charge >= 0.3 is 0 Å². The zero-order valence-electron chi connectivity index (χ0n) is 21.7. The number of carbonyl (C=O) groups excluding carboxylic acids is 1. The fourth-order valence-corrected chi connectivity index (χ4v) is 4.41. The number of ether oxygens (including phenoxy) is 2. The van der Waals surface area contributed by atoms with Gasteiger partial charge in [0.15, 0.2) is 11.5 Å². The Labute approximate surface area is 218 Å². The van der Waals surface area contributed by atoms with Gasteiger partial charge in [-0.2, -0.15) is 0 Å². The lowest BCUT2D eigenvalue weighted by atomic mass is 9.84. The Morgan fingerprint density at radius 1 is 1.03 bits per heavy atom. The van der Waals surface area contributed by atoms with E-state index in [2.05, 4.69) is 15.2 Å². The number of carbonyl (C=O) groups is 1. The maximum Gasteiger partial charge on any atom is 0.234 e. The van der Waals surface area contributed by atoms with Crippen LogP contribution in [0.1, 0.15) is 50.7 Å². The molecule has 0 radical (unpaired) electrons. The number of nitrogens with one attached hydrogen (secondary N) is 1. The van der Waals surface area contributed by atoms with Gasteiger partial charge in [0, 0.05) is 30.3 Å². The van der Waals surface area contributed by atoms with Crippen molar-refractivity contribution in [2.24, 2.45) is 0 Å². The topological polar surface area (TPSA) is 63.7 Å². The first-order chi connectivity index (χ1) is 17.9. The minimum Gasteiger partial charge on any atom is -0.490 e. The van der Waals surface area contributed by atoms with Crippen molar-refractivity contribution in [1.82, 2.24) is 15.2 Å². The second kappa shape index (κ2) is 12.7. The highest BCUT2D eigenvalue weighted by Crippen LogP contribution is 2.32. The van der Waals surface area contributed by atoms with Gasteiger partial charge in [-0.25, -0.2) is 9.37 Å². The lowest BCUT2D eigenvalue weighted by Crippen LogP contribution is -2.42. The molecule has 4 rings (SSSR count). The van der Waals surface area contributed by atoms with E-state index in [9.17, 15) is 9.18 Å². The number of aromatic nitrogens is 1. The minimum atomic E-state index is -0.393. The zero-order chi connectivity index (χ0) is 26.1. The van der Waals surface area contributed by atoms with Gasteiger partial charge in [0.25, 0.3) is 0 Å². The van der Waals surface area contributed by atoms with E-state index in [0.29, 0.717) is 37.1 Å². The molecule has 2 heterocycles. The summed E-state index contributed by atoms with van der Waals surface area (Å²) < 4.78 is 25.9. The van der Waals surface area contributed by atoms with Crippen LogP contribution >= 0.6 is 0 Å². The first-order valence-electron chi connectivity index (χ1n) is 13.0. The Morgan fingerprint density at radius 3 is 2.68 bits per heavy atom. The number of halogens is 1. The van der Waals surface area contributed by atoms with Crippen LogP contribution in [-0.4, -0.2) is 42.0 Å². The normalized spacial score (nSPS) is 15.3. The van der Waals surface area contributed by atoms with E-state index < -0.39 is 5.41 Å². The predicted molar refractivity (Wildman–Crippen MR) is 142 cm³/mol. The maximum atomic E-state index is 13.7. The molecule has 37 heavy (non-hydrogen) atoms. The van der Waals surface area contributed by atoms with Crippen LogP contribution in [0.3, 0.4) is 0 Å². The second-order valence-corrected chi connectivity index (χ2v) is 10.2. The van der Waals surface area contributed by atoms with E-state index in [-0.39, 0.29) is 18.3 Å². The molecule has 6 nitrogen and oxygen atoms in total. The standard InChI is InChI=1S/C30H36FN3O3/c1-30(2,24-12-9-13-25(31)19-24)22-33-28(35)21-34-17-7-3-4-8-18-36-26-14-5-6-15-27(26)37-29-23(20-34)11-10-16-32-29/h5-6,9-16,19H,3-4,7-8,17-18,20-22H2,1-2H3,(H,33,35). The van der Waals surface area contributed by atoms with Crippen molar-refractivity contribution in [2.45, 2.75) is 51.5 Å². The van der Waals surface area contributed by atoms with Crippen molar-refractivity contribution in [1.29, 1.82) is 0 Å². The summed E-state index contributed by atoms with van der Waals surface area (Å²) in [6, 6.07) is 18.1. The first kappa shape index (κ1) is 26.6. The number of rotatable bonds is 5. The van der Waals surface area contributed by atoms with E-state index in [0.717, 1.165) is 43.4 Å². The molecule has 0 saturated heterocycles. The van der Waals surface area contributed by atoms with E-state index in [1.165, 1.54) is 12.1 Å². The lowest BCUT2D eigenvalue weighted by molar-refractivity contribution is -0.122. The van der Waals surface area contributed by atoms with Crippen molar-refractivity contribution < 1.29 is 18.7 Å². The van der Waals surface area contributed by atoms with Gasteiger partial charge in [-0.05, 0) is 55.3 Å². The zero-order valence-corrected chi connectivity index (χ0v) is 21.7. The number of benzene rings is 2. The molecule has 1 aliphatic heterocycles. The van der Waals surface area contributed by atoms with Crippen LogP contribution < -0.4 is 14.8 Å². The molecule has 1 aliphatic rings. The maximum absolute atomic E-state index is 13.7. The fraction of sp³-hybridized carbons (Fsp3) is 0.400. The van der Waals surface area contributed by atoms with Crippen LogP contribution in [0.25, 0.3) is 0 Å². The first-order valence-corrected chi connectivity index (χ1v) is 13.0. The fourth-order valence-electron chi connectivity index (χ4n) is 4.41. The summed E-state index contributed by atoms with van der Waals surface area (Å²) in [5.41, 5.74) is 1.37. The third-order valence-electron chi connectivity index (χ3n) is 6.63. The Morgan fingerprint density at radius 2 is 1.84 bits per heavy atom. The average Bonchev–Trinajstić information content (AvgIpc) is 2.88. The summed E-state index contributed by atoms with van der Waals surface area (Å²) in [5, 5.41) is 3.06. The van der Waals surface area contributed by atoms with Crippen molar-refractivity contribution >= 4 is 5.91 Å². The third kappa shape index (κ3) is 7.76.